The lowest BCUT2D eigenvalue weighted by molar-refractivity contribution is -0.385. The van der Waals surface area contributed by atoms with Gasteiger partial charge in [0.05, 0.1) is 24.2 Å². The fraction of sp³-hybridized carbons (Fsp3) is 0.667. The first-order chi connectivity index (χ1) is 9.56. The van der Waals surface area contributed by atoms with Crippen LogP contribution < -0.4 is 9.64 Å². The number of rotatable bonds is 4. The number of methoxy groups -OCH3 is 1. The molecule has 1 aromatic rings. The zero-order valence-electron chi connectivity index (χ0n) is 11.5. The van der Waals surface area contributed by atoms with Gasteiger partial charge in [0.2, 0.25) is 5.82 Å². The predicted molar refractivity (Wildman–Crippen MR) is 71.9 cm³/mol. The lowest BCUT2D eigenvalue weighted by Crippen LogP contribution is -2.44. The second-order valence-electron chi connectivity index (χ2n) is 4.84. The largest absolute Gasteiger partial charge is 0.476 e. The number of aliphatic hydroxyl groups is 1. The van der Waals surface area contributed by atoms with Crippen molar-refractivity contribution >= 4 is 11.5 Å². The number of hydrogen-bond donors (Lipinski definition) is 1. The summed E-state index contributed by atoms with van der Waals surface area (Å²) in [5, 5.41) is 21.3. The van der Waals surface area contributed by atoms with Gasteiger partial charge in [0.25, 0.3) is 5.88 Å². The van der Waals surface area contributed by atoms with Gasteiger partial charge in [0.1, 0.15) is 6.33 Å². The van der Waals surface area contributed by atoms with Gasteiger partial charge in [-0.25, -0.2) is 4.98 Å². The van der Waals surface area contributed by atoms with E-state index >= 15 is 0 Å². The van der Waals surface area contributed by atoms with Gasteiger partial charge in [-0.1, -0.05) is 12.8 Å². The Morgan fingerprint density at radius 1 is 1.45 bits per heavy atom. The highest BCUT2D eigenvalue weighted by Crippen LogP contribution is 2.35. The lowest BCUT2D eigenvalue weighted by atomic mass is 9.91. The van der Waals surface area contributed by atoms with Gasteiger partial charge in [-0.15, -0.1) is 0 Å². The molecule has 8 nitrogen and oxygen atoms in total. The van der Waals surface area contributed by atoms with Crippen molar-refractivity contribution in [1.82, 2.24) is 9.97 Å². The highest BCUT2D eigenvalue weighted by atomic mass is 16.6. The van der Waals surface area contributed by atoms with E-state index in [0.717, 1.165) is 19.3 Å². The predicted octanol–water partition coefficient (Wildman–Crippen LogP) is 1.13. The van der Waals surface area contributed by atoms with Crippen molar-refractivity contribution in [2.45, 2.75) is 37.8 Å². The van der Waals surface area contributed by atoms with Crippen LogP contribution in [-0.2, 0) is 0 Å². The number of hydrogen-bond acceptors (Lipinski definition) is 7. The van der Waals surface area contributed by atoms with Crippen molar-refractivity contribution in [3.8, 4) is 5.88 Å². The van der Waals surface area contributed by atoms with Crippen molar-refractivity contribution in [1.29, 1.82) is 0 Å². The Morgan fingerprint density at radius 3 is 2.75 bits per heavy atom. The van der Waals surface area contributed by atoms with E-state index in [0.29, 0.717) is 6.42 Å². The number of aromatic nitrogens is 2. The zero-order chi connectivity index (χ0) is 14.7. The molecule has 2 rings (SSSR count). The summed E-state index contributed by atoms with van der Waals surface area (Å²) >= 11 is 0. The molecule has 0 spiro atoms. The van der Waals surface area contributed by atoms with E-state index in [1.54, 1.807) is 11.9 Å². The average Bonchev–Trinajstić information content (AvgIpc) is 2.46. The van der Waals surface area contributed by atoms with Crippen LogP contribution in [0.25, 0.3) is 0 Å². The molecule has 2 unspecified atom stereocenters. The Balaban J connectivity index is 2.38. The van der Waals surface area contributed by atoms with Crippen LogP contribution in [0.15, 0.2) is 6.33 Å². The molecule has 110 valence electrons. The first-order valence-corrected chi connectivity index (χ1v) is 6.50. The molecule has 1 heterocycles. The topological polar surface area (TPSA) is 102 Å². The molecule has 1 N–H and O–H groups in total. The average molecular weight is 282 g/mol. The second-order valence-corrected chi connectivity index (χ2v) is 4.84. The van der Waals surface area contributed by atoms with Crippen molar-refractivity contribution in [2.24, 2.45) is 0 Å². The van der Waals surface area contributed by atoms with E-state index in [-0.39, 0.29) is 23.4 Å². The quantitative estimate of drug-likeness (QED) is 0.652. The Morgan fingerprint density at radius 2 is 2.15 bits per heavy atom. The molecule has 8 heteroatoms. The zero-order valence-corrected chi connectivity index (χ0v) is 11.5. The number of anilines is 1. The number of nitro groups is 1. The fourth-order valence-corrected chi connectivity index (χ4v) is 2.62. The molecule has 1 fully saturated rings. The van der Waals surface area contributed by atoms with E-state index in [9.17, 15) is 15.2 Å². The molecule has 0 aliphatic heterocycles. The van der Waals surface area contributed by atoms with Crippen molar-refractivity contribution < 1.29 is 14.8 Å². The van der Waals surface area contributed by atoms with E-state index < -0.39 is 11.0 Å². The second kappa shape index (κ2) is 6.00. The monoisotopic (exact) mass is 282 g/mol. The molecule has 0 radical (unpaired) electrons. The molecular formula is C12H18N4O4. The van der Waals surface area contributed by atoms with Gasteiger partial charge in [0, 0.05) is 7.05 Å². The maximum atomic E-state index is 11.2. The van der Waals surface area contributed by atoms with Crippen molar-refractivity contribution in [2.75, 3.05) is 19.1 Å². The van der Waals surface area contributed by atoms with Crippen LogP contribution >= 0.6 is 0 Å². The van der Waals surface area contributed by atoms with Gasteiger partial charge >= 0.3 is 5.69 Å². The van der Waals surface area contributed by atoms with E-state index in [4.69, 9.17) is 4.74 Å². The number of likely N-dealkylation sites (N-methyl/N-ethyl adjacent to an activating group) is 1. The smallest absolute Gasteiger partial charge is 0.372 e. The third-order valence-electron chi connectivity index (χ3n) is 3.67. The third-order valence-corrected chi connectivity index (χ3v) is 3.67. The molecule has 0 amide bonds. The third kappa shape index (κ3) is 2.64. The molecule has 2 atom stereocenters. The first-order valence-electron chi connectivity index (χ1n) is 6.50. The summed E-state index contributed by atoms with van der Waals surface area (Å²) in [6.45, 7) is 0. The summed E-state index contributed by atoms with van der Waals surface area (Å²) in [5.41, 5.74) is -0.268. The maximum absolute atomic E-state index is 11.2. The molecule has 1 aromatic heterocycles. The highest BCUT2D eigenvalue weighted by molar-refractivity contribution is 5.62. The van der Waals surface area contributed by atoms with Crippen LogP contribution in [0.1, 0.15) is 25.7 Å². The van der Waals surface area contributed by atoms with Crippen LogP contribution in [-0.4, -0.2) is 46.3 Å². The fourth-order valence-electron chi connectivity index (χ4n) is 2.62. The molecule has 1 aliphatic carbocycles. The Labute approximate surface area is 116 Å². The Bertz CT molecular complexity index is 496. The Kier molecular flexibility index (Phi) is 4.33. The summed E-state index contributed by atoms with van der Waals surface area (Å²) in [4.78, 5) is 20.1. The van der Waals surface area contributed by atoms with Gasteiger partial charge in [0.15, 0.2) is 0 Å². The summed E-state index contributed by atoms with van der Waals surface area (Å²) in [7, 11) is 3.03. The van der Waals surface area contributed by atoms with E-state index in [2.05, 4.69) is 9.97 Å². The summed E-state index contributed by atoms with van der Waals surface area (Å²) in [5.74, 6) is 0.102. The van der Waals surface area contributed by atoms with Crippen LogP contribution in [0.5, 0.6) is 5.88 Å². The van der Waals surface area contributed by atoms with Gasteiger partial charge in [-0.3, -0.25) is 10.1 Å². The highest BCUT2D eigenvalue weighted by Gasteiger charge is 2.33. The molecular weight excluding hydrogens is 264 g/mol. The minimum atomic E-state index is -0.556. The first kappa shape index (κ1) is 14.4. The molecule has 1 aliphatic rings. The van der Waals surface area contributed by atoms with Crippen LogP contribution in [0.2, 0.25) is 0 Å². The van der Waals surface area contributed by atoms with Gasteiger partial charge in [-0.2, -0.15) is 4.98 Å². The maximum Gasteiger partial charge on any atom is 0.372 e. The number of aliphatic hydroxyl groups excluding tert-OH is 1. The summed E-state index contributed by atoms with van der Waals surface area (Å²) in [6.07, 6.45) is 4.16. The molecule has 0 bridgehead atoms. The normalized spacial score (nSPS) is 22.4. The number of ether oxygens (including phenoxy) is 1. The van der Waals surface area contributed by atoms with Gasteiger partial charge in [-0.05, 0) is 12.8 Å². The van der Waals surface area contributed by atoms with Crippen LogP contribution in [0.3, 0.4) is 0 Å². The molecule has 0 saturated heterocycles. The minimum Gasteiger partial charge on any atom is -0.476 e. The summed E-state index contributed by atoms with van der Waals surface area (Å²) < 4.78 is 4.93. The molecule has 1 saturated carbocycles. The Hall–Kier alpha value is -1.96. The standard InChI is InChI=1S/C12H18N4O4/c1-15(8-5-3-4-6-9(8)17)11-10(16(18)19)12(20-2)14-7-13-11/h7-9,17H,3-6H2,1-2H3. The van der Waals surface area contributed by atoms with Crippen LogP contribution in [0.4, 0.5) is 11.5 Å². The SMILES string of the molecule is COc1ncnc(N(C)C2CCCCC2O)c1[N+](=O)[O-]. The van der Waals surface area contributed by atoms with Crippen molar-refractivity contribution in [3.63, 3.8) is 0 Å². The van der Waals surface area contributed by atoms with Crippen molar-refractivity contribution in [3.05, 3.63) is 16.4 Å². The minimum absolute atomic E-state index is 0.0721. The lowest BCUT2D eigenvalue weighted by Gasteiger charge is -2.35. The van der Waals surface area contributed by atoms with Gasteiger partial charge < -0.3 is 14.7 Å². The number of nitrogens with zero attached hydrogens (tertiary/aromatic N) is 4. The van der Waals surface area contributed by atoms with Crippen LogP contribution in [0, 0.1) is 10.1 Å². The summed E-state index contributed by atoms with van der Waals surface area (Å²) in [6, 6.07) is -0.179. The van der Waals surface area contributed by atoms with E-state index in [1.165, 1.54) is 13.4 Å². The molecule has 0 aromatic carbocycles. The van der Waals surface area contributed by atoms with E-state index in [1.807, 2.05) is 0 Å². The molecule has 20 heavy (non-hydrogen) atoms.